The lowest BCUT2D eigenvalue weighted by Crippen LogP contribution is -2.47. The molecule has 2 amide bonds. The Labute approximate surface area is 116 Å². The Kier molecular flexibility index (Phi) is 6.10. The van der Waals surface area contributed by atoms with Crippen LogP contribution in [0.4, 0.5) is 4.79 Å². The molecule has 1 saturated heterocycles. The van der Waals surface area contributed by atoms with Gasteiger partial charge in [-0.05, 0) is 25.2 Å². The van der Waals surface area contributed by atoms with E-state index in [1.54, 1.807) is 4.90 Å². The van der Waals surface area contributed by atoms with Crippen molar-refractivity contribution in [2.75, 3.05) is 25.4 Å². The van der Waals surface area contributed by atoms with Crippen molar-refractivity contribution >= 4 is 15.9 Å². The summed E-state index contributed by atoms with van der Waals surface area (Å²) >= 11 is 0. The smallest absolute Gasteiger partial charge is 0.317 e. The molecule has 0 aromatic carbocycles. The summed E-state index contributed by atoms with van der Waals surface area (Å²) < 4.78 is 24.3. The summed E-state index contributed by atoms with van der Waals surface area (Å²) in [6.07, 6.45) is 2.04. The van der Waals surface area contributed by atoms with Gasteiger partial charge in [-0.25, -0.2) is 13.2 Å². The fraction of sp³-hybridized carbons (Fsp3) is 0.923. The van der Waals surface area contributed by atoms with E-state index in [0.717, 1.165) is 6.42 Å². The summed E-state index contributed by atoms with van der Waals surface area (Å²) in [6.45, 7) is 7.60. The second kappa shape index (κ2) is 7.12. The normalized spacial score (nSPS) is 17.8. The number of nitrogens with one attached hydrogen (secondary N) is 1. The van der Waals surface area contributed by atoms with E-state index in [2.05, 4.69) is 5.32 Å². The van der Waals surface area contributed by atoms with Gasteiger partial charge in [0.05, 0.1) is 11.0 Å². The minimum Gasteiger partial charge on any atom is -0.338 e. The summed E-state index contributed by atoms with van der Waals surface area (Å²) in [5.74, 6) is 0.413. The molecule has 1 rings (SSSR count). The van der Waals surface area contributed by atoms with Gasteiger partial charge >= 0.3 is 6.03 Å². The van der Waals surface area contributed by atoms with Gasteiger partial charge in [0, 0.05) is 19.6 Å². The maximum atomic E-state index is 12.1. The quantitative estimate of drug-likeness (QED) is 0.837. The lowest BCUT2D eigenvalue weighted by molar-refractivity contribution is 0.187. The molecule has 0 aromatic rings. The first-order valence-corrected chi connectivity index (χ1v) is 8.82. The van der Waals surface area contributed by atoms with Gasteiger partial charge in [0.1, 0.15) is 0 Å². The Morgan fingerprint density at radius 1 is 1.32 bits per heavy atom. The van der Waals surface area contributed by atoms with Crippen molar-refractivity contribution in [1.82, 2.24) is 10.2 Å². The van der Waals surface area contributed by atoms with Crippen LogP contribution in [0.5, 0.6) is 0 Å². The highest BCUT2D eigenvalue weighted by Crippen LogP contribution is 2.20. The molecule has 0 radical (unpaired) electrons. The van der Waals surface area contributed by atoms with Gasteiger partial charge in [0.25, 0.3) is 0 Å². The minimum atomic E-state index is -3.01. The van der Waals surface area contributed by atoms with E-state index in [4.69, 9.17) is 0 Å². The summed E-state index contributed by atoms with van der Waals surface area (Å²) in [5.41, 5.74) is 0. The number of likely N-dealkylation sites (tertiary alicyclic amines) is 1. The molecule has 0 atom stereocenters. The van der Waals surface area contributed by atoms with Crippen LogP contribution < -0.4 is 5.32 Å². The first kappa shape index (κ1) is 16.3. The van der Waals surface area contributed by atoms with E-state index in [9.17, 15) is 13.2 Å². The number of piperidine rings is 1. The second-order valence-electron chi connectivity index (χ2n) is 5.64. The van der Waals surface area contributed by atoms with Gasteiger partial charge in [-0.3, -0.25) is 0 Å². The zero-order chi connectivity index (χ0) is 14.5. The van der Waals surface area contributed by atoms with Crippen LogP contribution in [0.2, 0.25) is 0 Å². The molecule has 5 nitrogen and oxygen atoms in total. The molecule has 1 heterocycles. The summed E-state index contributed by atoms with van der Waals surface area (Å²) in [4.78, 5) is 13.5. The van der Waals surface area contributed by atoms with E-state index in [1.807, 2.05) is 20.8 Å². The van der Waals surface area contributed by atoms with Gasteiger partial charge < -0.3 is 10.2 Å². The third-order valence-corrected chi connectivity index (χ3v) is 5.95. The van der Waals surface area contributed by atoms with Crippen molar-refractivity contribution < 1.29 is 13.2 Å². The maximum absolute atomic E-state index is 12.1. The van der Waals surface area contributed by atoms with E-state index in [1.165, 1.54) is 0 Å². The molecule has 0 saturated carbocycles. The lowest BCUT2D eigenvalue weighted by atomic mass is 10.1. The number of carbonyl (C=O) groups excluding carboxylic acids is 1. The van der Waals surface area contributed by atoms with Crippen LogP contribution >= 0.6 is 0 Å². The maximum Gasteiger partial charge on any atom is 0.317 e. The van der Waals surface area contributed by atoms with Crippen molar-refractivity contribution in [2.24, 2.45) is 5.92 Å². The molecule has 1 N–H and O–H groups in total. The second-order valence-corrected chi connectivity index (χ2v) is 7.97. The zero-order valence-electron chi connectivity index (χ0n) is 12.2. The number of hydrogen-bond acceptors (Lipinski definition) is 3. The molecule has 6 heteroatoms. The molecule has 1 aliphatic heterocycles. The van der Waals surface area contributed by atoms with Gasteiger partial charge in [-0.15, -0.1) is 0 Å². The molecule has 0 spiro atoms. The number of urea groups is 1. The molecule has 0 unspecified atom stereocenters. The predicted molar refractivity (Wildman–Crippen MR) is 76.9 cm³/mol. The van der Waals surface area contributed by atoms with Gasteiger partial charge in [0.15, 0.2) is 9.84 Å². The minimum absolute atomic E-state index is 0.0680. The number of carbonyl (C=O) groups is 1. The van der Waals surface area contributed by atoms with Crippen molar-refractivity contribution in [3.05, 3.63) is 0 Å². The Balaban J connectivity index is 2.46. The monoisotopic (exact) mass is 290 g/mol. The van der Waals surface area contributed by atoms with Crippen molar-refractivity contribution in [2.45, 2.75) is 45.3 Å². The van der Waals surface area contributed by atoms with Crippen molar-refractivity contribution in [3.8, 4) is 0 Å². The number of hydrogen-bond donors (Lipinski definition) is 1. The van der Waals surface area contributed by atoms with Gasteiger partial charge in [0.2, 0.25) is 0 Å². The molecule has 1 aliphatic rings. The molecule has 112 valence electrons. The Bertz CT molecular complexity index is 385. The molecule has 0 aliphatic carbocycles. The highest BCUT2D eigenvalue weighted by atomic mass is 32.2. The van der Waals surface area contributed by atoms with Gasteiger partial charge in [-0.2, -0.15) is 0 Å². The number of sulfone groups is 1. The van der Waals surface area contributed by atoms with Crippen LogP contribution in [0.1, 0.15) is 40.0 Å². The number of nitrogens with zero attached hydrogens (tertiary/aromatic N) is 1. The van der Waals surface area contributed by atoms with Crippen LogP contribution in [0.25, 0.3) is 0 Å². The van der Waals surface area contributed by atoms with Crippen molar-refractivity contribution in [1.29, 1.82) is 0 Å². The fourth-order valence-corrected chi connectivity index (χ4v) is 4.49. The van der Waals surface area contributed by atoms with Crippen LogP contribution in [-0.4, -0.2) is 50.0 Å². The lowest BCUT2D eigenvalue weighted by Gasteiger charge is -2.32. The van der Waals surface area contributed by atoms with Gasteiger partial charge in [-0.1, -0.05) is 20.8 Å². The standard InChI is InChI=1S/C13H26N2O3S/c1-4-7-14-13(16)15-8-5-12(6-9-15)19(17,18)10-11(2)3/h11-12H,4-10H2,1-3H3,(H,14,16). The van der Waals surface area contributed by atoms with E-state index in [-0.39, 0.29) is 23.0 Å². The number of rotatable bonds is 5. The topological polar surface area (TPSA) is 66.5 Å². The number of amides is 2. The summed E-state index contributed by atoms with van der Waals surface area (Å²) in [7, 11) is -3.01. The third kappa shape index (κ3) is 5.01. The summed E-state index contributed by atoms with van der Waals surface area (Å²) in [6, 6.07) is -0.0680. The first-order valence-electron chi connectivity index (χ1n) is 7.11. The first-order chi connectivity index (χ1) is 8.86. The molecule has 0 aromatic heterocycles. The predicted octanol–water partition coefficient (Wildman–Crippen LogP) is 1.64. The molecule has 1 fully saturated rings. The molecular formula is C13H26N2O3S. The van der Waals surface area contributed by atoms with E-state index < -0.39 is 9.84 Å². The summed E-state index contributed by atoms with van der Waals surface area (Å²) in [5, 5.41) is 2.55. The highest BCUT2D eigenvalue weighted by molar-refractivity contribution is 7.92. The third-order valence-electron chi connectivity index (χ3n) is 3.33. The Hall–Kier alpha value is -0.780. The molecular weight excluding hydrogens is 264 g/mol. The van der Waals surface area contributed by atoms with Crippen molar-refractivity contribution in [3.63, 3.8) is 0 Å². The highest BCUT2D eigenvalue weighted by Gasteiger charge is 2.31. The SMILES string of the molecule is CCCNC(=O)N1CCC(S(=O)(=O)CC(C)C)CC1. The largest absolute Gasteiger partial charge is 0.338 e. The van der Waals surface area contributed by atoms with Crippen LogP contribution in [0, 0.1) is 5.92 Å². The van der Waals surface area contributed by atoms with E-state index >= 15 is 0 Å². The average Bonchev–Trinajstić information content (AvgIpc) is 2.34. The Morgan fingerprint density at radius 3 is 2.37 bits per heavy atom. The zero-order valence-corrected chi connectivity index (χ0v) is 13.0. The van der Waals surface area contributed by atoms with Crippen LogP contribution in [0.15, 0.2) is 0 Å². The average molecular weight is 290 g/mol. The molecule has 19 heavy (non-hydrogen) atoms. The Morgan fingerprint density at radius 2 is 1.89 bits per heavy atom. The van der Waals surface area contributed by atoms with E-state index in [0.29, 0.717) is 32.5 Å². The fourth-order valence-electron chi connectivity index (χ4n) is 2.36. The molecule has 0 bridgehead atoms. The van der Waals surface area contributed by atoms with Crippen LogP contribution in [-0.2, 0) is 9.84 Å². The van der Waals surface area contributed by atoms with Crippen LogP contribution in [0.3, 0.4) is 0 Å².